The quantitative estimate of drug-likeness (QED) is 0.642. The number of hydrogen-bond acceptors (Lipinski definition) is 3. The third-order valence-electron chi connectivity index (χ3n) is 2.03. The predicted octanol–water partition coefficient (Wildman–Crippen LogP) is 1.56. The molecule has 1 N–H and O–H groups in total. The minimum atomic E-state index is 0.214. The Bertz CT molecular complexity index is 190. The van der Waals surface area contributed by atoms with Crippen molar-refractivity contribution in [3.05, 3.63) is 11.9 Å². The van der Waals surface area contributed by atoms with E-state index in [1.54, 1.807) is 0 Å². The van der Waals surface area contributed by atoms with E-state index in [0.29, 0.717) is 0 Å². The largest absolute Gasteiger partial charge is 0.297 e. The molecule has 1 aliphatic rings. The molecule has 0 aliphatic carbocycles. The standard InChI is InChI=1S/C9H19N3/c1-6-12-7-8(9(2,3)4)11(5)10-12/h7,10H,6H2,1-5H3. The van der Waals surface area contributed by atoms with E-state index < -0.39 is 0 Å². The second kappa shape index (κ2) is 2.98. The minimum Gasteiger partial charge on any atom is -0.297 e. The van der Waals surface area contributed by atoms with Crippen LogP contribution in [0, 0.1) is 5.41 Å². The summed E-state index contributed by atoms with van der Waals surface area (Å²) in [5.41, 5.74) is 4.77. The number of rotatable bonds is 1. The molecule has 0 saturated heterocycles. The van der Waals surface area contributed by atoms with Crippen molar-refractivity contribution in [3.8, 4) is 0 Å². The highest BCUT2D eigenvalue weighted by Crippen LogP contribution is 2.29. The molecule has 0 atom stereocenters. The molecule has 1 heterocycles. The molecule has 3 nitrogen and oxygen atoms in total. The first-order valence-corrected chi connectivity index (χ1v) is 4.44. The monoisotopic (exact) mass is 169 g/mol. The minimum absolute atomic E-state index is 0.214. The first-order valence-electron chi connectivity index (χ1n) is 4.44. The number of hydrazine groups is 2. The van der Waals surface area contributed by atoms with Crippen molar-refractivity contribution in [2.24, 2.45) is 5.41 Å². The Morgan fingerprint density at radius 3 is 2.25 bits per heavy atom. The molecule has 12 heavy (non-hydrogen) atoms. The SMILES string of the molecule is CCN1C=C(C(C)(C)C)N(C)N1. The van der Waals surface area contributed by atoms with Crippen LogP contribution < -0.4 is 5.53 Å². The van der Waals surface area contributed by atoms with E-state index in [1.165, 1.54) is 5.70 Å². The first kappa shape index (κ1) is 9.39. The summed E-state index contributed by atoms with van der Waals surface area (Å²) >= 11 is 0. The number of nitrogens with zero attached hydrogens (tertiary/aromatic N) is 2. The molecule has 0 aromatic rings. The van der Waals surface area contributed by atoms with Gasteiger partial charge in [-0.3, -0.25) is 10.0 Å². The number of allylic oxidation sites excluding steroid dienone is 1. The molecule has 0 saturated carbocycles. The molecule has 0 aromatic carbocycles. The van der Waals surface area contributed by atoms with Crippen LogP contribution in [0.15, 0.2) is 11.9 Å². The highest BCUT2D eigenvalue weighted by Gasteiger charge is 2.26. The fourth-order valence-electron chi connectivity index (χ4n) is 1.37. The van der Waals surface area contributed by atoms with Crippen LogP contribution in [0.25, 0.3) is 0 Å². The van der Waals surface area contributed by atoms with E-state index in [-0.39, 0.29) is 5.41 Å². The van der Waals surface area contributed by atoms with Crippen LogP contribution in [0.1, 0.15) is 27.7 Å². The van der Waals surface area contributed by atoms with E-state index >= 15 is 0 Å². The molecule has 1 aliphatic heterocycles. The number of nitrogens with one attached hydrogen (secondary N) is 1. The molecule has 0 unspecified atom stereocenters. The summed E-state index contributed by atoms with van der Waals surface area (Å²) in [7, 11) is 2.05. The van der Waals surface area contributed by atoms with Gasteiger partial charge < -0.3 is 0 Å². The van der Waals surface area contributed by atoms with Gasteiger partial charge in [0.2, 0.25) is 0 Å². The van der Waals surface area contributed by atoms with Crippen LogP contribution in [0.4, 0.5) is 0 Å². The molecule has 3 heteroatoms. The van der Waals surface area contributed by atoms with Crippen LogP contribution >= 0.6 is 0 Å². The second-order valence-electron chi connectivity index (χ2n) is 4.21. The first-order chi connectivity index (χ1) is 5.45. The molecule has 0 radical (unpaired) electrons. The summed E-state index contributed by atoms with van der Waals surface area (Å²) in [5.74, 6) is 0. The van der Waals surface area contributed by atoms with E-state index in [0.717, 1.165) is 6.54 Å². The highest BCUT2D eigenvalue weighted by molar-refractivity contribution is 5.10. The zero-order valence-electron chi connectivity index (χ0n) is 8.68. The van der Waals surface area contributed by atoms with Crippen molar-refractivity contribution in [1.29, 1.82) is 0 Å². The van der Waals surface area contributed by atoms with Crippen LogP contribution in [0.3, 0.4) is 0 Å². The van der Waals surface area contributed by atoms with Crippen molar-refractivity contribution in [3.63, 3.8) is 0 Å². The van der Waals surface area contributed by atoms with Crippen LogP contribution in [-0.2, 0) is 0 Å². The molecule has 0 amide bonds. The van der Waals surface area contributed by atoms with Gasteiger partial charge in [-0.05, 0) is 6.92 Å². The Balaban J connectivity index is 2.76. The average Bonchev–Trinajstić information content (AvgIpc) is 2.29. The molecule has 0 bridgehead atoms. The average molecular weight is 169 g/mol. The van der Waals surface area contributed by atoms with Crippen LogP contribution in [-0.4, -0.2) is 23.6 Å². The lowest BCUT2D eigenvalue weighted by Gasteiger charge is -2.26. The molecule has 1 rings (SSSR count). The fraction of sp³-hybridized carbons (Fsp3) is 0.778. The van der Waals surface area contributed by atoms with Gasteiger partial charge in [-0.2, -0.15) is 0 Å². The van der Waals surface area contributed by atoms with Gasteiger partial charge >= 0.3 is 0 Å². The second-order valence-corrected chi connectivity index (χ2v) is 4.21. The summed E-state index contributed by atoms with van der Waals surface area (Å²) in [5, 5.41) is 4.16. The van der Waals surface area contributed by atoms with Gasteiger partial charge in [-0.15, -0.1) is 5.53 Å². The smallest absolute Gasteiger partial charge is 0.0535 e. The molecular formula is C9H19N3. The van der Waals surface area contributed by atoms with Gasteiger partial charge in [0, 0.05) is 25.2 Å². The number of hydrogen-bond donors (Lipinski definition) is 1. The normalized spacial score (nSPS) is 18.6. The Morgan fingerprint density at radius 2 is 2.00 bits per heavy atom. The predicted molar refractivity (Wildman–Crippen MR) is 50.8 cm³/mol. The maximum absolute atomic E-state index is 3.23. The topological polar surface area (TPSA) is 18.5 Å². The van der Waals surface area contributed by atoms with Gasteiger partial charge in [0.15, 0.2) is 0 Å². The van der Waals surface area contributed by atoms with Gasteiger partial charge in [0.25, 0.3) is 0 Å². The van der Waals surface area contributed by atoms with E-state index in [4.69, 9.17) is 0 Å². The van der Waals surface area contributed by atoms with E-state index in [1.807, 2.05) is 7.05 Å². The zero-order chi connectivity index (χ0) is 9.35. The Hall–Kier alpha value is -0.700. The molecule has 0 fully saturated rings. The van der Waals surface area contributed by atoms with Gasteiger partial charge in [0.1, 0.15) is 0 Å². The third-order valence-corrected chi connectivity index (χ3v) is 2.03. The van der Waals surface area contributed by atoms with Crippen LogP contribution in [0.5, 0.6) is 0 Å². The lowest BCUT2D eigenvalue weighted by atomic mass is 9.92. The van der Waals surface area contributed by atoms with E-state index in [9.17, 15) is 0 Å². The molecule has 0 aromatic heterocycles. The Labute approximate surface area is 75.0 Å². The lowest BCUT2D eigenvalue weighted by Crippen LogP contribution is -2.39. The highest BCUT2D eigenvalue weighted by atomic mass is 15.8. The lowest BCUT2D eigenvalue weighted by molar-refractivity contribution is 0.145. The van der Waals surface area contributed by atoms with E-state index in [2.05, 4.69) is 49.4 Å². The third kappa shape index (κ3) is 1.72. The van der Waals surface area contributed by atoms with Gasteiger partial charge in [-0.1, -0.05) is 20.8 Å². The maximum atomic E-state index is 3.23. The summed E-state index contributed by atoms with van der Waals surface area (Å²) in [6.07, 6.45) is 2.17. The van der Waals surface area contributed by atoms with Crippen LogP contribution in [0.2, 0.25) is 0 Å². The Kier molecular flexibility index (Phi) is 2.33. The van der Waals surface area contributed by atoms with Crippen molar-refractivity contribution in [1.82, 2.24) is 15.6 Å². The summed E-state index contributed by atoms with van der Waals surface area (Å²) < 4.78 is 0. The molecule has 70 valence electrons. The Morgan fingerprint density at radius 1 is 1.42 bits per heavy atom. The zero-order valence-corrected chi connectivity index (χ0v) is 8.68. The van der Waals surface area contributed by atoms with Gasteiger partial charge in [-0.25, -0.2) is 0 Å². The molecule has 0 spiro atoms. The van der Waals surface area contributed by atoms with Crippen molar-refractivity contribution < 1.29 is 0 Å². The molecular weight excluding hydrogens is 150 g/mol. The van der Waals surface area contributed by atoms with Crippen molar-refractivity contribution in [2.45, 2.75) is 27.7 Å². The summed E-state index contributed by atoms with van der Waals surface area (Å²) in [6, 6.07) is 0. The summed E-state index contributed by atoms with van der Waals surface area (Å²) in [4.78, 5) is 0. The summed E-state index contributed by atoms with van der Waals surface area (Å²) in [6.45, 7) is 9.77. The fourth-order valence-corrected chi connectivity index (χ4v) is 1.37. The maximum Gasteiger partial charge on any atom is 0.0535 e. The van der Waals surface area contributed by atoms with Gasteiger partial charge in [0.05, 0.1) is 5.70 Å². The van der Waals surface area contributed by atoms with Crippen molar-refractivity contribution >= 4 is 0 Å². The van der Waals surface area contributed by atoms with Crippen molar-refractivity contribution in [2.75, 3.05) is 13.6 Å².